The van der Waals surface area contributed by atoms with Gasteiger partial charge >= 0.3 is 5.97 Å². The maximum atomic E-state index is 12.2. The van der Waals surface area contributed by atoms with Crippen LogP contribution in [0.5, 0.6) is 5.75 Å². The van der Waals surface area contributed by atoms with E-state index in [1.165, 1.54) is 5.56 Å². The number of esters is 1. The lowest BCUT2D eigenvalue weighted by atomic mass is 9.98. The van der Waals surface area contributed by atoms with E-state index in [0.717, 1.165) is 34.1 Å². The van der Waals surface area contributed by atoms with Crippen molar-refractivity contribution in [3.05, 3.63) is 89.2 Å². The van der Waals surface area contributed by atoms with Crippen molar-refractivity contribution in [1.82, 2.24) is 5.32 Å². The Morgan fingerprint density at radius 3 is 2.54 bits per heavy atom. The average Bonchev–Trinajstić information content (AvgIpc) is 3.31. The summed E-state index contributed by atoms with van der Waals surface area (Å²) in [6.45, 7) is 4.53. The number of amides is 1. The number of aryl methyl sites for hydroxylation is 1. The Hall–Kier alpha value is -4.06. The van der Waals surface area contributed by atoms with Crippen molar-refractivity contribution in [3.63, 3.8) is 0 Å². The van der Waals surface area contributed by atoms with E-state index in [2.05, 4.69) is 24.4 Å². The fourth-order valence-corrected chi connectivity index (χ4v) is 4.03. The van der Waals surface area contributed by atoms with E-state index >= 15 is 0 Å². The van der Waals surface area contributed by atoms with Crippen LogP contribution in [-0.4, -0.2) is 25.5 Å². The van der Waals surface area contributed by atoms with Crippen LogP contribution in [0.1, 0.15) is 41.1 Å². The largest absolute Gasteiger partial charge is 0.489 e. The molecule has 0 atom stereocenters. The standard InChI is InChI=1S/C29H29NO5/c1-4-19-9-8-11-21(13-19)24-15-20(14-23-16-26(29(32)30-3)35-28(23)24)18-34-25-12-7-6-10-22(25)17-27(31)33-5-2/h6-16H,4-5,17-18H2,1-3H3,(H,30,32). The van der Waals surface area contributed by atoms with Gasteiger partial charge in [0.1, 0.15) is 17.9 Å². The van der Waals surface area contributed by atoms with Crippen LogP contribution >= 0.6 is 0 Å². The maximum absolute atomic E-state index is 12.2. The number of carbonyl (C=O) groups is 2. The summed E-state index contributed by atoms with van der Waals surface area (Å²) in [5, 5.41) is 3.44. The molecule has 6 nitrogen and oxygen atoms in total. The molecular weight excluding hydrogens is 442 g/mol. The van der Waals surface area contributed by atoms with Crippen LogP contribution in [0.15, 0.2) is 71.1 Å². The zero-order valence-corrected chi connectivity index (χ0v) is 20.2. The molecule has 0 spiro atoms. The van der Waals surface area contributed by atoms with Gasteiger partial charge < -0.3 is 19.2 Å². The molecule has 0 saturated carbocycles. The third-order valence-electron chi connectivity index (χ3n) is 5.78. The second-order valence-corrected chi connectivity index (χ2v) is 8.18. The fourth-order valence-electron chi connectivity index (χ4n) is 4.03. The normalized spacial score (nSPS) is 10.8. The number of hydrogen-bond donors (Lipinski definition) is 1. The van der Waals surface area contributed by atoms with E-state index in [1.807, 2.05) is 48.5 Å². The van der Waals surface area contributed by atoms with Crippen molar-refractivity contribution in [1.29, 1.82) is 0 Å². The molecule has 0 unspecified atom stereocenters. The molecule has 0 bridgehead atoms. The van der Waals surface area contributed by atoms with Crippen LogP contribution < -0.4 is 10.1 Å². The van der Waals surface area contributed by atoms with Gasteiger partial charge in [-0.25, -0.2) is 0 Å². The number of hydrogen-bond acceptors (Lipinski definition) is 5. The predicted molar refractivity (Wildman–Crippen MR) is 136 cm³/mol. The van der Waals surface area contributed by atoms with E-state index in [1.54, 1.807) is 20.0 Å². The second kappa shape index (κ2) is 10.9. The molecule has 0 aliphatic heterocycles. The molecule has 180 valence electrons. The van der Waals surface area contributed by atoms with Crippen LogP contribution in [0.3, 0.4) is 0 Å². The molecule has 4 rings (SSSR count). The van der Waals surface area contributed by atoms with Crippen LogP contribution in [0.2, 0.25) is 0 Å². The Kier molecular flexibility index (Phi) is 7.51. The van der Waals surface area contributed by atoms with Crippen molar-refractivity contribution in [2.45, 2.75) is 33.3 Å². The fraction of sp³-hybridized carbons (Fsp3) is 0.241. The first-order chi connectivity index (χ1) is 17.0. The molecule has 6 heteroatoms. The maximum Gasteiger partial charge on any atom is 0.310 e. The lowest BCUT2D eigenvalue weighted by Crippen LogP contribution is -2.16. The molecule has 35 heavy (non-hydrogen) atoms. The van der Waals surface area contributed by atoms with Gasteiger partial charge in [-0.1, -0.05) is 49.4 Å². The average molecular weight is 472 g/mol. The first-order valence-electron chi connectivity index (χ1n) is 11.8. The molecule has 3 aromatic carbocycles. The van der Waals surface area contributed by atoms with Crippen LogP contribution in [-0.2, 0) is 29.0 Å². The van der Waals surface area contributed by atoms with E-state index in [9.17, 15) is 9.59 Å². The summed E-state index contributed by atoms with van der Waals surface area (Å²) in [6.07, 6.45) is 1.06. The van der Waals surface area contributed by atoms with Crippen LogP contribution in [0.4, 0.5) is 0 Å². The Balaban J connectivity index is 1.70. The SMILES string of the molecule is CCOC(=O)Cc1ccccc1OCc1cc(-c2cccc(CC)c2)c2oc(C(=O)NC)cc2c1. The van der Waals surface area contributed by atoms with Gasteiger partial charge in [0.2, 0.25) is 0 Å². The number of para-hydroxylation sites is 1. The highest BCUT2D eigenvalue weighted by molar-refractivity contribution is 6.00. The van der Waals surface area contributed by atoms with Crippen LogP contribution in [0, 0.1) is 0 Å². The van der Waals surface area contributed by atoms with Crippen molar-refractivity contribution in [2.75, 3.05) is 13.7 Å². The summed E-state index contributed by atoms with van der Waals surface area (Å²) in [4.78, 5) is 24.2. The zero-order valence-electron chi connectivity index (χ0n) is 20.2. The third-order valence-corrected chi connectivity index (χ3v) is 5.78. The molecule has 0 aliphatic carbocycles. The van der Waals surface area contributed by atoms with Gasteiger partial charge in [-0.15, -0.1) is 0 Å². The Labute approximate surface area is 204 Å². The molecule has 0 fully saturated rings. The summed E-state index contributed by atoms with van der Waals surface area (Å²) in [5.41, 5.74) is 5.47. The minimum atomic E-state index is -0.289. The van der Waals surface area contributed by atoms with Gasteiger partial charge in [0.25, 0.3) is 5.91 Å². The molecule has 4 aromatic rings. The van der Waals surface area contributed by atoms with Gasteiger partial charge in [-0.05, 0) is 54.3 Å². The number of fused-ring (bicyclic) bond motifs is 1. The number of furan rings is 1. The number of rotatable bonds is 9. The van der Waals surface area contributed by atoms with Gasteiger partial charge in [-0.2, -0.15) is 0 Å². The van der Waals surface area contributed by atoms with Crippen molar-refractivity contribution >= 4 is 22.8 Å². The number of nitrogens with one attached hydrogen (secondary N) is 1. The molecular formula is C29H29NO5. The quantitative estimate of drug-likeness (QED) is 0.317. The first kappa shape index (κ1) is 24.1. The van der Waals surface area contributed by atoms with Crippen molar-refractivity contribution in [3.8, 4) is 16.9 Å². The topological polar surface area (TPSA) is 77.8 Å². The summed E-state index contributed by atoms with van der Waals surface area (Å²) < 4.78 is 17.2. The summed E-state index contributed by atoms with van der Waals surface area (Å²) in [5.74, 6) is 0.324. The molecule has 1 N–H and O–H groups in total. The molecule has 1 heterocycles. The number of carbonyl (C=O) groups excluding carboxylic acids is 2. The molecule has 0 radical (unpaired) electrons. The lowest BCUT2D eigenvalue weighted by molar-refractivity contribution is -0.142. The van der Waals surface area contributed by atoms with Crippen molar-refractivity contribution < 1.29 is 23.5 Å². The molecule has 0 aliphatic rings. The predicted octanol–water partition coefficient (Wildman–Crippen LogP) is 5.71. The highest BCUT2D eigenvalue weighted by Crippen LogP contribution is 2.34. The van der Waals surface area contributed by atoms with Gasteiger partial charge in [0.05, 0.1) is 13.0 Å². The van der Waals surface area contributed by atoms with E-state index in [-0.39, 0.29) is 30.7 Å². The van der Waals surface area contributed by atoms with Crippen molar-refractivity contribution in [2.24, 2.45) is 0 Å². The van der Waals surface area contributed by atoms with Gasteiger partial charge in [-0.3, -0.25) is 9.59 Å². The zero-order chi connectivity index (χ0) is 24.8. The van der Waals surface area contributed by atoms with E-state index in [0.29, 0.717) is 17.9 Å². The highest BCUT2D eigenvalue weighted by atomic mass is 16.5. The lowest BCUT2D eigenvalue weighted by Gasteiger charge is -2.13. The Morgan fingerprint density at radius 2 is 1.77 bits per heavy atom. The number of ether oxygens (including phenoxy) is 2. The minimum absolute atomic E-state index is 0.148. The van der Waals surface area contributed by atoms with Crippen LogP contribution in [0.25, 0.3) is 22.1 Å². The Bertz CT molecular complexity index is 1350. The molecule has 1 amide bonds. The molecule has 0 saturated heterocycles. The van der Waals surface area contributed by atoms with Gasteiger partial charge in [0.15, 0.2) is 5.76 Å². The van der Waals surface area contributed by atoms with Gasteiger partial charge in [0, 0.05) is 23.6 Å². The summed E-state index contributed by atoms with van der Waals surface area (Å²) in [6, 6.07) is 21.5. The second-order valence-electron chi connectivity index (χ2n) is 8.18. The summed E-state index contributed by atoms with van der Waals surface area (Å²) in [7, 11) is 1.58. The van der Waals surface area contributed by atoms with E-state index in [4.69, 9.17) is 13.9 Å². The Morgan fingerprint density at radius 1 is 0.943 bits per heavy atom. The van der Waals surface area contributed by atoms with E-state index < -0.39 is 0 Å². The highest BCUT2D eigenvalue weighted by Gasteiger charge is 2.17. The first-order valence-corrected chi connectivity index (χ1v) is 11.8. The number of benzene rings is 3. The minimum Gasteiger partial charge on any atom is -0.489 e. The third kappa shape index (κ3) is 5.54. The molecule has 1 aromatic heterocycles. The summed E-state index contributed by atoms with van der Waals surface area (Å²) >= 11 is 0. The smallest absolute Gasteiger partial charge is 0.310 e. The monoisotopic (exact) mass is 471 g/mol.